The van der Waals surface area contributed by atoms with E-state index in [1.807, 2.05) is 0 Å². The van der Waals surface area contributed by atoms with E-state index in [2.05, 4.69) is 6.92 Å². The quantitative estimate of drug-likeness (QED) is 0.507. The van der Waals surface area contributed by atoms with Crippen LogP contribution >= 0.6 is 8.03 Å². The van der Waals surface area contributed by atoms with Gasteiger partial charge in [0, 0.05) is 40.8 Å². The third-order valence-corrected chi connectivity index (χ3v) is 2.90. The van der Waals surface area contributed by atoms with E-state index >= 15 is 0 Å². The van der Waals surface area contributed by atoms with Crippen LogP contribution in [0.3, 0.4) is 0 Å². The SMILES string of the molecule is CCCCCCCCCC[P+](=O)O.[Nd]. The fourth-order valence-corrected chi connectivity index (χ4v) is 1.88. The van der Waals surface area contributed by atoms with Crippen molar-refractivity contribution >= 4 is 8.03 Å². The van der Waals surface area contributed by atoms with Crippen molar-refractivity contribution in [2.75, 3.05) is 6.16 Å². The fraction of sp³-hybridized carbons (Fsp3) is 1.00. The number of hydrogen-bond acceptors (Lipinski definition) is 1. The molecule has 0 heterocycles. The molecule has 0 radical (unpaired) electrons. The van der Waals surface area contributed by atoms with Crippen LogP contribution in [0.5, 0.6) is 0 Å². The van der Waals surface area contributed by atoms with E-state index in [-0.39, 0.29) is 40.8 Å². The van der Waals surface area contributed by atoms with Crippen LogP contribution < -0.4 is 0 Å². The maximum Gasteiger partial charge on any atom is 0.505 e. The van der Waals surface area contributed by atoms with Gasteiger partial charge in [0.2, 0.25) is 0 Å². The van der Waals surface area contributed by atoms with Crippen molar-refractivity contribution in [1.82, 2.24) is 0 Å². The summed E-state index contributed by atoms with van der Waals surface area (Å²) in [6, 6.07) is 0. The Hall–Kier alpha value is 1.41. The number of unbranched alkanes of at least 4 members (excludes halogenated alkanes) is 7. The first-order valence-electron chi connectivity index (χ1n) is 5.41. The van der Waals surface area contributed by atoms with Gasteiger partial charge in [0.1, 0.15) is 0 Å². The third-order valence-electron chi connectivity index (χ3n) is 2.20. The second-order valence-corrected chi connectivity index (χ2v) is 4.70. The Kier molecular flexibility index (Phi) is 18.3. The largest absolute Gasteiger partial charge is 0.505 e. The normalized spacial score (nSPS) is 10.9. The Bertz CT molecular complexity index is 131. The number of hydrogen-bond donors (Lipinski definition) is 1. The summed E-state index contributed by atoms with van der Waals surface area (Å²) < 4.78 is 10.3. The maximum atomic E-state index is 10.3. The monoisotopic (exact) mass is 347 g/mol. The Morgan fingerprint density at radius 2 is 1.36 bits per heavy atom. The molecule has 82 valence electrons. The van der Waals surface area contributed by atoms with E-state index in [4.69, 9.17) is 4.89 Å². The molecule has 0 aromatic carbocycles. The molecule has 4 heteroatoms. The van der Waals surface area contributed by atoms with E-state index in [9.17, 15) is 4.57 Å². The first-order valence-corrected chi connectivity index (χ1v) is 6.80. The van der Waals surface area contributed by atoms with Crippen LogP contribution in [0.1, 0.15) is 58.3 Å². The van der Waals surface area contributed by atoms with Crippen LogP contribution in [0.4, 0.5) is 0 Å². The molecule has 0 aromatic heterocycles. The molecule has 0 aliphatic rings. The molecular weight excluding hydrogens is 327 g/mol. The van der Waals surface area contributed by atoms with Gasteiger partial charge in [-0.1, -0.05) is 45.4 Å². The predicted molar refractivity (Wildman–Crippen MR) is 57.3 cm³/mol. The van der Waals surface area contributed by atoms with Crippen LogP contribution in [0, 0.1) is 40.8 Å². The van der Waals surface area contributed by atoms with Crippen molar-refractivity contribution in [3.63, 3.8) is 0 Å². The van der Waals surface area contributed by atoms with Gasteiger partial charge in [-0.3, -0.25) is 0 Å². The van der Waals surface area contributed by atoms with Gasteiger partial charge in [0.25, 0.3) is 0 Å². The molecule has 0 aromatic rings. The van der Waals surface area contributed by atoms with Gasteiger partial charge in [-0.15, -0.1) is 0 Å². The average molecular weight is 349 g/mol. The maximum absolute atomic E-state index is 10.3. The molecule has 0 aliphatic carbocycles. The van der Waals surface area contributed by atoms with E-state index in [1.165, 1.54) is 38.5 Å². The molecule has 0 spiro atoms. The molecule has 1 unspecified atom stereocenters. The van der Waals surface area contributed by atoms with Gasteiger partial charge in [-0.25, -0.2) is 0 Å². The van der Waals surface area contributed by atoms with Gasteiger partial charge in [0.05, 0.1) is 0 Å². The Labute approximate surface area is 122 Å². The molecule has 0 bridgehead atoms. The van der Waals surface area contributed by atoms with Crippen LogP contribution in [-0.4, -0.2) is 11.1 Å². The van der Waals surface area contributed by atoms with E-state index in [0.29, 0.717) is 6.16 Å². The van der Waals surface area contributed by atoms with Crippen LogP contribution in [-0.2, 0) is 4.57 Å². The van der Waals surface area contributed by atoms with Gasteiger partial charge in [0.15, 0.2) is 6.16 Å². The third kappa shape index (κ3) is 15.9. The van der Waals surface area contributed by atoms with Crippen molar-refractivity contribution in [2.45, 2.75) is 58.3 Å². The Morgan fingerprint density at radius 3 is 1.79 bits per heavy atom. The van der Waals surface area contributed by atoms with Gasteiger partial charge in [-0.05, 0) is 17.4 Å². The summed E-state index contributed by atoms with van der Waals surface area (Å²) in [4.78, 5) is 8.53. The van der Waals surface area contributed by atoms with Crippen molar-refractivity contribution in [1.29, 1.82) is 0 Å². The van der Waals surface area contributed by atoms with Crippen LogP contribution in [0.2, 0.25) is 0 Å². The summed E-state index contributed by atoms with van der Waals surface area (Å²) in [5.74, 6) is 0. The summed E-state index contributed by atoms with van der Waals surface area (Å²) in [6.07, 6.45) is 10.4. The molecule has 0 saturated heterocycles. The Morgan fingerprint density at radius 1 is 0.929 bits per heavy atom. The van der Waals surface area contributed by atoms with Crippen molar-refractivity contribution in [3.8, 4) is 0 Å². The summed E-state index contributed by atoms with van der Waals surface area (Å²) in [7, 11) is -1.88. The molecule has 14 heavy (non-hydrogen) atoms. The summed E-state index contributed by atoms with van der Waals surface area (Å²) in [6.45, 7) is 2.22. The molecule has 0 rings (SSSR count). The van der Waals surface area contributed by atoms with E-state index in [1.54, 1.807) is 0 Å². The van der Waals surface area contributed by atoms with Gasteiger partial charge >= 0.3 is 8.03 Å². The molecule has 0 fully saturated rings. The van der Waals surface area contributed by atoms with E-state index < -0.39 is 8.03 Å². The molecule has 0 aliphatic heterocycles. The standard InChI is InChI=1S/C10H21O2P.Nd/c1-2-3-4-5-6-7-8-9-10-13(11)12;/h2-10H2,1H3;/p+1. The first kappa shape index (κ1) is 17.8. The minimum absolute atomic E-state index is 0. The fourth-order valence-electron chi connectivity index (χ4n) is 1.38. The molecular formula is C10H22NdO2P+. The summed E-state index contributed by atoms with van der Waals surface area (Å²) in [5, 5.41) is 0. The molecule has 0 saturated carbocycles. The zero-order valence-electron chi connectivity index (χ0n) is 9.17. The molecule has 1 atom stereocenters. The topological polar surface area (TPSA) is 37.3 Å². The summed E-state index contributed by atoms with van der Waals surface area (Å²) >= 11 is 0. The molecule has 2 nitrogen and oxygen atoms in total. The predicted octanol–water partition coefficient (Wildman–Crippen LogP) is 3.86. The zero-order chi connectivity index (χ0) is 9.94. The Balaban J connectivity index is 0. The van der Waals surface area contributed by atoms with Crippen molar-refractivity contribution in [3.05, 3.63) is 0 Å². The van der Waals surface area contributed by atoms with Crippen molar-refractivity contribution < 1.29 is 50.3 Å². The van der Waals surface area contributed by atoms with E-state index in [0.717, 1.165) is 12.8 Å². The van der Waals surface area contributed by atoms with Gasteiger partial charge in [-0.2, -0.15) is 4.89 Å². The first-order chi connectivity index (χ1) is 6.27. The smallest absolute Gasteiger partial charge is 0.161 e. The van der Waals surface area contributed by atoms with Crippen molar-refractivity contribution in [2.24, 2.45) is 0 Å². The molecule has 1 N–H and O–H groups in total. The molecule has 0 amide bonds. The zero-order valence-corrected chi connectivity index (χ0v) is 13.3. The van der Waals surface area contributed by atoms with Crippen LogP contribution in [0.25, 0.3) is 0 Å². The average Bonchev–Trinajstić information content (AvgIpc) is 2.09. The summed E-state index contributed by atoms with van der Waals surface area (Å²) in [5.41, 5.74) is 0. The van der Waals surface area contributed by atoms with Crippen LogP contribution in [0.15, 0.2) is 0 Å². The number of rotatable bonds is 9. The minimum Gasteiger partial charge on any atom is -0.161 e. The van der Waals surface area contributed by atoms with Gasteiger partial charge < -0.3 is 0 Å². The second kappa shape index (κ2) is 14.4. The minimum atomic E-state index is -1.88. The second-order valence-electron chi connectivity index (χ2n) is 3.55.